The number of nitrogen functional groups attached to an aromatic ring is 4. The molecule has 0 radical (unpaired) electrons. The van der Waals surface area contributed by atoms with Gasteiger partial charge < -0.3 is 69.7 Å². The first-order chi connectivity index (χ1) is 56.4. The highest BCUT2D eigenvalue weighted by Crippen LogP contribution is 2.37. The van der Waals surface area contributed by atoms with Crippen molar-refractivity contribution in [3.63, 3.8) is 0 Å². The van der Waals surface area contributed by atoms with Crippen molar-refractivity contribution in [3.05, 3.63) is 268 Å². The number of aliphatic hydroxyl groups is 1. The summed E-state index contributed by atoms with van der Waals surface area (Å²) in [6, 6.07) is 44.3. The highest BCUT2D eigenvalue weighted by atomic mass is 19.4. The third kappa shape index (κ3) is 22.3. The molecule has 3 saturated heterocycles. The van der Waals surface area contributed by atoms with Gasteiger partial charge in [0.25, 0.3) is 0 Å². The third-order valence-corrected chi connectivity index (χ3v) is 20.1. The zero-order valence-electron chi connectivity index (χ0n) is 65.1. The molecule has 4 aliphatic rings. The Hall–Kier alpha value is -12.7. The van der Waals surface area contributed by atoms with Gasteiger partial charge in [0.15, 0.2) is 0 Å². The first-order valence-electron chi connectivity index (χ1n) is 38.2. The molecule has 118 heavy (non-hydrogen) atoms. The van der Waals surface area contributed by atoms with Crippen LogP contribution in [0.4, 0.5) is 77.3 Å². The average molecular weight is 1640 g/mol. The highest BCUT2D eigenvalue weighted by Gasteiger charge is 2.40. The number of ketones is 4. The zero-order valence-corrected chi connectivity index (χ0v) is 65.1. The Morgan fingerprint density at radius 1 is 0.508 bits per heavy atom. The Bertz CT molecular complexity index is 5330. The smallest absolute Gasteiger partial charge is 0.390 e. The minimum atomic E-state index is -4.75. The lowest BCUT2D eigenvalue weighted by Crippen LogP contribution is -2.53. The molecule has 640 valence electrons. The maximum Gasteiger partial charge on any atom is 0.418 e. The number of anilines is 8. The lowest BCUT2D eigenvalue weighted by Gasteiger charge is -2.37. The fraction of sp³-hybridized carbons (Fsp3) is 0.302. The number of hydrogen-bond acceptors (Lipinski definition) is 25. The number of halogens is 7. The molecular weight excluding hydrogens is 1530 g/mol. The van der Waals surface area contributed by atoms with Crippen molar-refractivity contribution < 1.29 is 73.6 Å². The van der Waals surface area contributed by atoms with E-state index in [9.17, 15) is 55.0 Å². The van der Waals surface area contributed by atoms with E-state index in [0.717, 1.165) is 76.4 Å². The van der Waals surface area contributed by atoms with Crippen LogP contribution in [-0.4, -0.2) is 151 Å². The Morgan fingerprint density at radius 2 is 0.907 bits per heavy atom. The van der Waals surface area contributed by atoms with Crippen molar-refractivity contribution in [2.75, 3.05) is 108 Å². The Kier molecular flexibility index (Phi) is 28.4. The van der Waals surface area contributed by atoms with Gasteiger partial charge in [0, 0.05) is 139 Å². The number of nitrogens with zero attached hydrogens (tertiary/aromatic N) is 11. The lowest BCUT2D eigenvalue weighted by atomic mass is 9.86. The van der Waals surface area contributed by atoms with Gasteiger partial charge in [-0.05, 0) is 167 Å². The van der Waals surface area contributed by atoms with Gasteiger partial charge in [-0.15, -0.1) is 5.92 Å². The van der Waals surface area contributed by atoms with Crippen molar-refractivity contribution in [1.82, 2.24) is 55.8 Å². The van der Waals surface area contributed by atoms with Crippen molar-refractivity contribution in [2.24, 2.45) is 11.7 Å². The molecule has 15 N–H and O–H groups in total. The average Bonchev–Trinajstić information content (AvgIpc) is 0.810. The van der Waals surface area contributed by atoms with Crippen LogP contribution in [0.15, 0.2) is 189 Å². The second kappa shape index (κ2) is 38.9. The molecule has 14 rings (SSSR count). The molecule has 10 aromatic rings. The second-order valence-corrected chi connectivity index (χ2v) is 29.1. The molecule has 32 heteroatoms. The molecule has 11 heterocycles. The Labute approximate surface area is 696 Å². The maximum atomic E-state index is 14.1. The van der Waals surface area contributed by atoms with Crippen LogP contribution in [-0.2, 0) is 12.4 Å². The molecule has 8 aromatic heterocycles. The van der Waals surface area contributed by atoms with Gasteiger partial charge in [-0.2, -0.15) is 26.3 Å². The number of pyridine rings is 8. The van der Waals surface area contributed by atoms with Gasteiger partial charge in [-0.25, -0.2) is 44.3 Å². The number of aromatic nitrogens is 8. The van der Waals surface area contributed by atoms with Gasteiger partial charge in [0.1, 0.15) is 75.1 Å². The van der Waals surface area contributed by atoms with Crippen LogP contribution >= 0.6 is 0 Å². The fourth-order valence-electron chi connectivity index (χ4n) is 14.1. The van der Waals surface area contributed by atoms with Gasteiger partial charge in [0.05, 0.1) is 44.5 Å². The van der Waals surface area contributed by atoms with Crippen LogP contribution in [0, 0.1) is 17.8 Å². The first kappa shape index (κ1) is 86.2. The summed E-state index contributed by atoms with van der Waals surface area (Å²) in [5, 5.41) is 23.4. The molecule has 3 aliphatic heterocycles. The SMILES string of the molecule is C=C(F)c1ccc(N2CCNC(c3ccccc3)C2)nc1C(=O)c1cccnc1N.CC#Cc1ccc(N2CCN[C@@H](c3ccccc3)C2)nc1C(=O)c1cccnc1N.CC(C)(O)CC1CN(c2ccc(C(F)(F)F)c(C(=O)c3cccnc3N)n2)CCN1.Nc1ncccc1C(=O)c1nc(NCC2CCC(N)CC2)ccc1C(F)(F)F.[HH].[HH].[HH].[HH].[HH].[HH].[HH].[HH].[HH].[HH].[HH].[HH].[HH]. The molecule has 3 atom stereocenters. The number of rotatable bonds is 19. The highest BCUT2D eigenvalue weighted by molar-refractivity contribution is 6.14. The number of carbonyl (C=O) groups is 4. The third-order valence-electron chi connectivity index (χ3n) is 20.1. The van der Waals surface area contributed by atoms with E-state index in [0.29, 0.717) is 67.7 Å². The van der Waals surface area contributed by atoms with Gasteiger partial charge in [-0.1, -0.05) is 73.2 Å². The molecule has 4 fully saturated rings. The Morgan fingerprint density at radius 3 is 1.35 bits per heavy atom. The molecule has 0 amide bonds. The van der Waals surface area contributed by atoms with Crippen molar-refractivity contribution >= 4 is 75.5 Å². The summed E-state index contributed by atoms with van der Waals surface area (Å²) in [5.74, 6) is 4.72. The summed E-state index contributed by atoms with van der Waals surface area (Å²) in [6.45, 7) is 15.1. The second-order valence-electron chi connectivity index (χ2n) is 29.1. The predicted octanol–water partition coefficient (Wildman–Crippen LogP) is 14.9. The summed E-state index contributed by atoms with van der Waals surface area (Å²) in [6.07, 6.45) is 0.522. The molecular formula is C86H117F7N20O5. The normalized spacial score (nSPS) is 17.5. The molecule has 1 aliphatic carbocycles. The van der Waals surface area contributed by atoms with Gasteiger partial charge >= 0.3 is 12.4 Å². The minimum Gasteiger partial charge on any atom is -0.390 e. The van der Waals surface area contributed by atoms with E-state index >= 15 is 0 Å². The van der Waals surface area contributed by atoms with Crippen LogP contribution in [0.1, 0.15) is 181 Å². The quantitative estimate of drug-likeness (QED) is 0.0204. The van der Waals surface area contributed by atoms with E-state index in [1.54, 1.807) is 68.3 Å². The van der Waals surface area contributed by atoms with E-state index in [-0.39, 0.29) is 111 Å². The topological polar surface area (TPSA) is 380 Å². The van der Waals surface area contributed by atoms with Crippen LogP contribution in [0.5, 0.6) is 0 Å². The van der Waals surface area contributed by atoms with Crippen LogP contribution in [0.25, 0.3) is 5.83 Å². The molecule has 0 spiro atoms. The number of benzene rings is 2. The summed E-state index contributed by atoms with van der Waals surface area (Å²) in [7, 11) is 0. The van der Waals surface area contributed by atoms with E-state index in [1.807, 2.05) is 48.5 Å². The predicted molar refractivity (Wildman–Crippen MR) is 468 cm³/mol. The van der Waals surface area contributed by atoms with Crippen molar-refractivity contribution in [1.29, 1.82) is 0 Å². The molecule has 0 bridgehead atoms. The number of piperazine rings is 3. The van der Waals surface area contributed by atoms with Gasteiger partial charge in [-0.3, -0.25) is 19.2 Å². The number of nitrogens with one attached hydrogen (secondary N) is 4. The standard InChI is InChI=1S/C24H23N5O.C23H22FN5O.C20H24F3N5O2.C19H22F3N5O.13H2/c1-2-7-18-11-12-21(28-22(18)23(30)19-10-6-13-27-24(19)25)29-15-14-26-20(16-29)17-8-4-3-5-9-17;1-15(24)17-9-10-20(28-21(17)22(30)18-8-5-11-27-23(18)25)29-13-12-26-19(14-29)16-6-3-2-4-7-16;1-19(2,30)10-12-11-28(9-8-25-12)15-6-5-14(20(21,22)23)16(27-15)17(29)13-4-3-7-26-18(13)24;20-19(21,22)14-7-8-15(26-10-11-3-5-12(23)6-4-11)27-16(14)17(28)13-2-1-9-25-18(13)24;;;;;;;;;;;;;/h3-6,8-13,20,26H,14-16H2,1H3,(H2,25,27);2-11,19,26H,1,12-14H2,(H2,25,27);3-7,12,25,30H,8-11H2,1-2H3,(H2,24,26);1-2,7-9,11-12H,3-6,10,23H2,(H2,24,25)(H,26,27);13*1H/t20-;;;;;;;;;;;;;;;;/m1................/s1. The molecule has 2 aromatic carbocycles. The summed E-state index contributed by atoms with van der Waals surface area (Å²) in [4.78, 5) is 90.8. The monoisotopic (exact) mass is 1640 g/mol. The summed E-state index contributed by atoms with van der Waals surface area (Å²) >= 11 is 0. The maximum absolute atomic E-state index is 14.1. The lowest BCUT2D eigenvalue weighted by molar-refractivity contribution is -0.138. The molecule has 2 unspecified atom stereocenters. The molecule has 1 saturated carbocycles. The van der Waals surface area contributed by atoms with E-state index in [1.165, 1.54) is 66.1 Å². The number of nitrogens with two attached hydrogens (primary N) is 5. The van der Waals surface area contributed by atoms with E-state index in [4.69, 9.17) is 33.7 Å². The first-order valence-corrected chi connectivity index (χ1v) is 38.2. The largest absolute Gasteiger partial charge is 0.418 e. The summed E-state index contributed by atoms with van der Waals surface area (Å²) < 4.78 is 94.9. The fourth-order valence-corrected chi connectivity index (χ4v) is 14.1. The van der Waals surface area contributed by atoms with Crippen LogP contribution in [0.3, 0.4) is 0 Å². The van der Waals surface area contributed by atoms with Gasteiger partial charge in [0.2, 0.25) is 23.1 Å². The van der Waals surface area contributed by atoms with Crippen molar-refractivity contribution in [2.45, 2.75) is 95.0 Å². The zero-order chi connectivity index (χ0) is 84.4. The minimum absolute atomic E-state index is 0. The van der Waals surface area contributed by atoms with E-state index in [2.05, 4.69) is 109 Å². The Balaban J connectivity index is -0.00000161. The summed E-state index contributed by atoms with van der Waals surface area (Å²) in [5.41, 5.74) is 28.1. The number of alkyl halides is 6. The van der Waals surface area contributed by atoms with Crippen LogP contribution < -0.4 is 64.6 Å². The van der Waals surface area contributed by atoms with Crippen LogP contribution in [0.2, 0.25) is 0 Å². The van der Waals surface area contributed by atoms with E-state index < -0.39 is 63.6 Å². The number of carbonyl (C=O) groups excluding carboxylic acids is 4. The molecule has 25 nitrogen and oxygen atoms in total. The van der Waals surface area contributed by atoms with Crippen molar-refractivity contribution in [3.8, 4) is 11.8 Å². The number of hydrogen-bond donors (Lipinski definition) is 10.